The maximum atomic E-state index is 12.1. The number of aliphatic hydroxyl groups excluding tert-OH is 1. The Kier molecular flexibility index (Phi) is 6.28. The van der Waals surface area contributed by atoms with Crippen molar-refractivity contribution in [2.24, 2.45) is 5.92 Å². The highest BCUT2D eigenvalue weighted by atomic mass is 16.3. The Morgan fingerprint density at radius 3 is 2.63 bits per heavy atom. The fourth-order valence-corrected chi connectivity index (χ4v) is 2.51. The van der Waals surface area contributed by atoms with Crippen molar-refractivity contribution in [1.82, 2.24) is 10.2 Å². The third-order valence-corrected chi connectivity index (χ3v) is 3.43. The smallest absolute Gasteiger partial charge is 0.242 e. The molecule has 0 saturated carbocycles. The maximum absolute atomic E-state index is 12.1. The molecule has 1 saturated heterocycles. The van der Waals surface area contributed by atoms with Crippen LogP contribution in [-0.4, -0.2) is 47.1 Å². The SMILES string of the molecule is CCC(C(=O)NCC(O)CC(C)C)N1CCCC1=O. The molecule has 0 aromatic carbocycles. The minimum Gasteiger partial charge on any atom is -0.391 e. The van der Waals surface area contributed by atoms with E-state index in [1.165, 1.54) is 0 Å². The molecule has 1 fully saturated rings. The Bertz CT molecular complexity index is 318. The van der Waals surface area contributed by atoms with Crippen LogP contribution in [0.5, 0.6) is 0 Å². The van der Waals surface area contributed by atoms with Crippen LogP contribution < -0.4 is 5.32 Å². The number of rotatable bonds is 7. The van der Waals surface area contributed by atoms with E-state index in [9.17, 15) is 14.7 Å². The first-order valence-corrected chi connectivity index (χ1v) is 7.21. The molecule has 1 aliphatic heterocycles. The second-order valence-corrected chi connectivity index (χ2v) is 5.64. The number of aliphatic hydroxyl groups is 1. The standard InChI is InChI=1S/C14H26N2O3/c1-4-12(16-7-5-6-13(16)18)14(19)15-9-11(17)8-10(2)3/h10-12,17H,4-9H2,1-3H3,(H,15,19). The predicted octanol–water partition coefficient (Wildman–Crippen LogP) is 0.911. The molecule has 0 radical (unpaired) electrons. The summed E-state index contributed by atoms with van der Waals surface area (Å²) >= 11 is 0. The number of carbonyl (C=O) groups excluding carboxylic acids is 2. The summed E-state index contributed by atoms with van der Waals surface area (Å²) in [4.78, 5) is 25.4. The average Bonchev–Trinajstić information content (AvgIpc) is 2.73. The highest BCUT2D eigenvalue weighted by Crippen LogP contribution is 2.16. The number of amides is 2. The number of nitrogens with one attached hydrogen (secondary N) is 1. The largest absolute Gasteiger partial charge is 0.391 e. The Balaban J connectivity index is 2.44. The molecule has 2 N–H and O–H groups in total. The highest BCUT2D eigenvalue weighted by molar-refractivity contribution is 5.88. The van der Waals surface area contributed by atoms with Gasteiger partial charge in [0.2, 0.25) is 11.8 Å². The molecule has 0 aromatic heterocycles. The first-order chi connectivity index (χ1) is 8.95. The summed E-state index contributed by atoms with van der Waals surface area (Å²) in [6.45, 7) is 6.89. The zero-order chi connectivity index (χ0) is 14.4. The van der Waals surface area contributed by atoms with Crippen LogP contribution in [0.3, 0.4) is 0 Å². The van der Waals surface area contributed by atoms with Crippen molar-refractivity contribution in [3.63, 3.8) is 0 Å². The Morgan fingerprint density at radius 2 is 2.16 bits per heavy atom. The zero-order valence-corrected chi connectivity index (χ0v) is 12.2. The normalized spacial score (nSPS) is 18.8. The third-order valence-electron chi connectivity index (χ3n) is 3.43. The molecule has 0 bridgehead atoms. The van der Waals surface area contributed by atoms with E-state index >= 15 is 0 Å². The number of likely N-dealkylation sites (tertiary alicyclic amines) is 1. The molecule has 5 nitrogen and oxygen atoms in total. The lowest BCUT2D eigenvalue weighted by Crippen LogP contribution is -2.48. The van der Waals surface area contributed by atoms with Crippen molar-refractivity contribution in [1.29, 1.82) is 0 Å². The van der Waals surface area contributed by atoms with Crippen molar-refractivity contribution >= 4 is 11.8 Å². The van der Waals surface area contributed by atoms with Gasteiger partial charge in [-0.25, -0.2) is 0 Å². The van der Waals surface area contributed by atoms with Crippen LogP contribution in [0.15, 0.2) is 0 Å². The number of hydrogen-bond donors (Lipinski definition) is 2. The van der Waals surface area contributed by atoms with Crippen LogP contribution in [0.2, 0.25) is 0 Å². The van der Waals surface area contributed by atoms with Gasteiger partial charge in [0.05, 0.1) is 6.10 Å². The Labute approximate surface area is 115 Å². The molecule has 1 heterocycles. The highest BCUT2D eigenvalue weighted by Gasteiger charge is 2.31. The summed E-state index contributed by atoms with van der Waals surface area (Å²) in [5.74, 6) is 0.305. The summed E-state index contributed by atoms with van der Waals surface area (Å²) in [5, 5.41) is 12.5. The van der Waals surface area contributed by atoms with Gasteiger partial charge in [-0.15, -0.1) is 0 Å². The fraction of sp³-hybridized carbons (Fsp3) is 0.857. The van der Waals surface area contributed by atoms with Gasteiger partial charge in [-0.1, -0.05) is 20.8 Å². The zero-order valence-electron chi connectivity index (χ0n) is 12.2. The third kappa shape index (κ3) is 4.82. The van der Waals surface area contributed by atoms with E-state index in [4.69, 9.17) is 0 Å². The van der Waals surface area contributed by atoms with Crippen molar-refractivity contribution in [3.8, 4) is 0 Å². The molecule has 1 aliphatic rings. The van der Waals surface area contributed by atoms with Gasteiger partial charge >= 0.3 is 0 Å². The number of nitrogens with zero attached hydrogens (tertiary/aromatic N) is 1. The van der Waals surface area contributed by atoms with Crippen LogP contribution in [0.4, 0.5) is 0 Å². The minimum absolute atomic E-state index is 0.0599. The van der Waals surface area contributed by atoms with Crippen molar-refractivity contribution in [3.05, 3.63) is 0 Å². The number of carbonyl (C=O) groups is 2. The Morgan fingerprint density at radius 1 is 1.47 bits per heavy atom. The maximum Gasteiger partial charge on any atom is 0.242 e. The lowest BCUT2D eigenvalue weighted by Gasteiger charge is -2.26. The van der Waals surface area contributed by atoms with Gasteiger partial charge in [0.1, 0.15) is 6.04 Å². The molecule has 0 aliphatic carbocycles. The van der Waals surface area contributed by atoms with Gasteiger partial charge in [0.15, 0.2) is 0 Å². The van der Waals surface area contributed by atoms with Gasteiger partial charge in [-0.2, -0.15) is 0 Å². The summed E-state index contributed by atoms with van der Waals surface area (Å²) in [6, 6.07) is -0.388. The number of hydrogen-bond acceptors (Lipinski definition) is 3. The first kappa shape index (κ1) is 16.0. The molecule has 0 aromatic rings. The summed E-state index contributed by atoms with van der Waals surface area (Å²) in [6.07, 6.45) is 2.13. The van der Waals surface area contributed by atoms with E-state index in [1.807, 2.05) is 20.8 Å². The second kappa shape index (κ2) is 7.48. The lowest BCUT2D eigenvalue weighted by molar-refractivity contribution is -0.137. The minimum atomic E-state index is -0.518. The van der Waals surface area contributed by atoms with Gasteiger partial charge in [-0.3, -0.25) is 9.59 Å². The average molecular weight is 270 g/mol. The van der Waals surface area contributed by atoms with E-state index in [-0.39, 0.29) is 24.4 Å². The molecule has 19 heavy (non-hydrogen) atoms. The van der Waals surface area contributed by atoms with Crippen LogP contribution >= 0.6 is 0 Å². The lowest BCUT2D eigenvalue weighted by atomic mass is 10.1. The molecular formula is C14H26N2O3. The Hall–Kier alpha value is -1.10. The van der Waals surface area contributed by atoms with Crippen LogP contribution in [0, 0.1) is 5.92 Å². The van der Waals surface area contributed by atoms with E-state index in [1.54, 1.807) is 4.90 Å². The molecule has 110 valence electrons. The molecule has 2 unspecified atom stereocenters. The van der Waals surface area contributed by atoms with E-state index in [0.29, 0.717) is 31.7 Å². The quantitative estimate of drug-likeness (QED) is 0.722. The fourth-order valence-electron chi connectivity index (χ4n) is 2.51. The van der Waals surface area contributed by atoms with E-state index < -0.39 is 6.10 Å². The summed E-state index contributed by atoms with van der Waals surface area (Å²) < 4.78 is 0. The van der Waals surface area contributed by atoms with Gasteiger partial charge in [0, 0.05) is 19.5 Å². The van der Waals surface area contributed by atoms with Crippen LogP contribution in [0.1, 0.15) is 46.5 Å². The van der Waals surface area contributed by atoms with Crippen molar-refractivity contribution < 1.29 is 14.7 Å². The van der Waals surface area contributed by atoms with E-state index in [2.05, 4.69) is 5.32 Å². The predicted molar refractivity (Wildman–Crippen MR) is 73.5 cm³/mol. The molecule has 1 rings (SSSR count). The van der Waals surface area contributed by atoms with Crippen molar-refractivity contribution in [2.75, 3.05) is 13.1 Å². The second-order valence-electron chi connectivity index (χ2n) is 5.64. The summed E-state index contributed by atoms with van der Waals surface area (Å²) in [5.41, 5.74) is 0. The molecule has 2 amide bonds. The molecular weight excluding hydrogens is 244 g/mol. The molecule has 0 spiro atoms. The first-order valence-electron chi connectivity index (χ1n) is 7.21. The van der Waals surface area contributed by atoms with Crippen LogP contribution in [0.25, 0.3) is 0 Å². The molecule has 5 heteroatoms. The van der Waals surface area contributed by atoms with E-state index in [0.717, 1.165) is 6.42 Å². The van der Waals surface area contributed by atoms with Crippen molar-refractivity contribution in [2.45, 2.75) is 58.6 Å². The topological polar surface area (TPSA) is 69.6 Å². The van der Waals surface area contributed by atoms with Gasteiger partial charge in [-0.05, 0) is 25.2 Å². The molecule has 2 atom stereocenters. The summed E-state index contributed by atoms with van der Waals surface area (Å²) in [7, 11) is 0. The van der Waals surface area contributed by atoms with Gasteiger partial charge < -0.3 is 15.3 Å². The van der Waals surface area contributed by atoms with Gasteiger partial charge in [0.25, 0.3) is 0 Å². The van der Waals surface area contributed by atoms with Crippen LogP contribution in [-0.2, 0) is 9.59 Å². The monoisotopic (exact) mass is 270 g/mol.